The molecule has 2 fully saturated rings. The molecule has 0 radical (unpaired) electrons. The zero-order valence-electron chi connectivity index (χ0n) is 22.0. The monoisotopic (exact) mass is 695 g/mol. The Balaban J connectivity index is 0.00000123. The fraction of sp³-hybridized carbons (Fsp3) is 0.526. The van der Waals surface area contributed by atoms with Gasteiger partial charge >= 0.3 is 6.72 Å². The number of ether oxygens (including phenoxy) is 2. The molecule has 0 amide bonds. The summed E-state index contributed by atoms with van der Waals surface area (Å²) in [5, 5.41) is 31.8. The Kier molecular flexibility index (Phi) is 9.82. The molecular weight excluding hydrogens is 671 g/mol. The van der Waals surface area contributed by atoms with Crippen molar-refractivity contribution in [3.05, 3.63) is 28.4 Å². The van der Waals surface area contributed by atoms with Crippen LogP contribution in [0.1, 0.15) is 24.3 Å². The van der Waals surface area contributed by atoms with E-state index in [1.165, 1.54) is 17.0 Å². The average Bonchev–Trinajstić information content (AvgIpc) is 3.74. The number of nitrogens with two attached hydrogens (primary N) is 2. The van der Waals surface area contributed by atoms with Crippen LogP contribution in [-0.4, -0.2) is 103 Å². The van der Waals surface area contributed by atoms with Crippen LogP contribution in [0.3, 0.4) is 0 Å². The maximum Gasteiger partial charge on any atom is 0.325 e. The van der Waals surface area contributed by atoms with Crippen LogP contribution < -0.4 is 17.0 Å². The lowest BCUT2D eigenvalue weighted by Gasteiger charge is -2.25. The molecule has 4 aromatic heterocycles. The molecular formula is C19H24FN11O9P2S2. The van der Waals surface area contributed by atoms with Gasteiger partial charge in [-0.3, -0.25) is 18.9 Å². The largest absolute Gasteiger partial charge is 0.394 e. The lowest BCUT2D eigenvalue weighted by Crippen LogP contribution is -2.33. The lowest BCUT2D eigenvalue weighted by atomic mass is 10.1. The Morgan fingerprint density at radius 1 is 1.30 bits per heavy atom. The fourth-order valence-corrected chi connectivity index (χ4v) is 6.09. The van der Waals surface area contributed by atoms with Crippen molar-refractivity contribution in [1.29, 1.82) is 0 Å². The van der Waals surface area contributed by atoms with Crippen molar-refractivity contribution >= 4 is 67.1 Å². The molecule has 8 atom stereocenters. The van der Waals surface area contributed by atoms with Crippen molar-refractivity contribution in [3.8, 4) is 0 Å². The molecule has 2 aliphatic rings. The Morgan fingerprint density at radius 3 is 2.77 bits per heavy atom. The first kappa shape index (κ1) is 32.6. The molecule has 1 unspecified atom stereocenters. The number of aromatic nitrogens is 9. The maximum atomic E-state index is 15.3. The van der Waals surface area contributed by atoms with E-state index < -0.39 is 68.4 Å². The van der Waals surface area contributed by atoms with Gasteiger partial charge in [-0.1, -0.05) is 17.5 Å². The molecule has 238 valence electrons. The normalized spacial score (nSPS) is 28.3. The van der Waals surface area contributed by atoms with E-state index in [2.05, 4.69) is 47.6 Å². The summed E-state index contributed by atoms with van der Waals surface area (Å²) >= 11 is 8.31. The number of alkyl halides is 1. The second kappa shape index (κ2) is 13.3. The Bertz CT molecular complexity index is 1760. The molecule has 8 N–H and O–H groups in total. The van der Waals surface area contributed by atoms with Gasteiger partial charge in [-0.05, 0) is 11.8 Å². The highest BCUT2D eigenvalue weighted by molar-refractivity contribution is 8.33. The summed E-state index contributed by atoms with van der Waals surface area (Å²) in [5.41, 5.74) is 11.3. The molecule has 20 nitrogen and oxygen atoms in total. The number of nitrogens with zero attached hydrogens (tertiary/aromatic N) is 8. The van der Waals surface area contributed by atoms with Crippen LogP contribution >= 0.6 is 26.6 Å². The van der Waals surface area contributed by atoms with E-state index in [0.29, 0.717) is 11.2 Å². The van der Waals surface area contributed by atoms with Gasteiger partial charge in [-0.15, -0.1) is 5.10 Å². The standard InChI is InChI=1S/C19H23FN11O8PS.HOPS/c20-11-9(3-32)38-17(30-15-12(28-29-30)16(34)27-18(21)26-15)13(11)39-40(35,41)36-4-10-7(33)1-8(37-10)6-2-25-31-14(6)23-5-24-19(31)22;1-2-3/h2,5,7-11,13,17,32-33H,1,3-4H2,(H,35,41)(H2,22,23,24)(H3,21,26,27,34);(H,1,3)/t7-,8+,9+,10+,11-,13+,17+,40?;/m0./s1. The van der Waals surface area contributed by atoms with Crippen molar-refractivity contribution < 1.29 is 42.6 Å². The van der Waals surface area contributed by atoms with Crippen molar-refractivity contribution in [2.24, 2.45) is 0 Å². The first-order valence-corrected chi connectivity index (χ1v) is 16.9. The molecule has 6 heterocycles. The van der Waals surface area contributed by atoms with Gasteiger partial charge in [0.05, 0.1) is 31.6 Å². The molecule has 6 rings (SSSR count). The summed E-state index contributed by atoms with van der Waals surface area (Å²) in [6.45, 7) is -5.39. The number of thiol groups is 1. The van der Waals surface area contributed by atoms with Crippen molar-refractivity contribution in [2.75, 3.05) is 24.7 Å². The zero-order valence-corrected chi connectivity index (χ0v) is 25.5. The highest BCUT2D eigenvalue weighted by Crippen LogP contribution is 2.51. The van der Waals surface area contributed by atoms with Crippen molar-refractivity contribution in [2.45, 2.75) is 49.3 Å². The minimum absolute atomic E-state index is 0.117. The fourth-order valence-electron chi connectivity index (χ4n) is 4.69. The molecule has 2 aliphatic heterocycles. The Morgan fingerprint density at radius 2 is 2.05 bits per heavy atom. The first-order chi connectivity index (χ1) is 21.0. The number of aliphatic hydroxyl groups excluding tert-OH is 2. The van der Waals surface area contributed by atoms with E-state index in [9.17, 15) is 19.9 Å². The second-order valence-electron chi connectivity index (χ2n) is 9.30. The highest BCUT2D eigenvalue weighted by atomic mass is 32.7. The van der Waals surface area contributed by atoms with E-state index in [1.54, 1.807) is 0 Å². The third-order valence-electron chi connectivity index (χ3n) is 6.62. The smallest absolute Gasteiger partial charge is 0.325 e. The van der Waals surface area contributed by atoms with Crippen LogP contribution in [0, 0.1) is 0 Å². The van der Waals surface area contributed by atoms with E-state index in [0.717, 1.165) is 4.68 Å². The Labute approximate surface area is 256 Å². The predicted octanol–water partition coefficient (Wildman–Crippen LogP) is -1.02. The lowest BCUT2D eigenvalue weighted by molar-refractivity contribution is -0.0568. The SMILES string of the molecule is Nc1nc2c(nnn2[C@@H]2O[C@H](CO)[C@H](F)[C@H]2OP(O)(=S)OC[C@H]2O[C@@H](c3cnn4c(N)ncnc34)C[C@@H]2O)c(=O)[nH]1.O=PS. The van der Waals surface area contributed by atoms with Gasteiger partial charge in [-0.25, -0.2) is 14.4 Å². The molecule has 0 aliphatic carbocycles. The van der Waals surface area contributed by atoms with Gasteiger partial charge in [0.1, 0.15) is 24.6 Å². The highest BCUT2D eigenvalue weighted by Gasteiger charge is 2.50. The first-order valence-electron chi connectivity index (χ1n) is 12.4. The van der Waals surface area contributed by atoms with Crippen LogP contribution in [0.4, 0.5) is 16.3 Å². The van der Waals surface area contributed by atoms with E-state index in [4.69, 9.17) is 46.4 Å². The van der Waals surface area contributed by atoms with Gasteiger partial charge in [-0.2, -0.15) is 19.3 Å². The van der Waals surface area contributed by atoms with E-state index in [1.807, 2.05) is 0 Å². The number of aliphatic hydroxyl groups is 2. The second-order valence-corrected chi connectivity index (χ2v) is 12.7. The predicted molar refractivity (Wildman–Crippen MR) is 154 cm³/mol. The molecule has 44 heavy (non-hydrogen) atoms. The third kappa shape index (κ3) is 6.44. The maximum absolute atomic E-state index is 15.3. The number of aromatic amines is 1. The van der Waals surface area contributed by atoms with Gasteiger partial charge < -0.3 is 40.6 Å². The average molecular weight is 696 g/mol. The summed E-state index contributed by atoms with van der Waals surface area (Å²) in [7, 11) is -0.139. The van der Waals surface area contributed by atoms with E-state index >= 15 is 4.39 Å². The van der Waals surface area contributed by atoms with Crippen LogP contribution in [0.2, 0.25) is 0 Å². The minimum atomic E-state index is -4.23. The van der Waals surface area contributed by atoms with Gasteiger partial charge in [0.25, 0.3) is 5.56 Å². The number of fused-ring (bicyclic) bond motifs is 2. The minimum Gasteiger partial charge on any atom is -0.394 e. The number of halogens is 1. The van der Waals surface area contributed by atoms with Gasteiger partial charge in [0.2, 0.25) is 19.6 Å². The number of H-pyrrole nitrogens is 1. The number of nitrogens with one attached hydrogen (secondary N) is 1. The van der Waals surface area contributed by atoms with Crippen LogP contribution in [0.5, 0.6) is 0 Å². The molecule has 0 saturated carbocycles. The summed E-state index contributed by atoms with van der Waals surface area (Å²) < 4.78 is 48.6. The van der Waals surface area contributed by atoms with Gasteiger partial charge in [0, 0.05) is 12.0 Å². The van der Waals surface area contributed by atoms with Crippen LogP contribution in [-0.2, 0) is 34.9 Å². The number of rotatable bonds is 8. The summed E-state index contributed by atoms with van der Waals surface area (Å²) in [6.07, 6.45) is -6.26. The summed E-state index contributed by atoms with van der Waals surface area (Å²) in [6, 6.07) is 0. The van der Waals surface area contributed by atoms with Crippen molar-refractivity contribution in [1.82, 2.24) is 44.5 Å². The molecule has 0 spiro atoms. The quantitative estimate of drug-likeness (QED) is 0.0857. The van der Waals surface area contributed by atoms with Gasteiger partial charge in [0.15, 0.2) is 29.2 Å². The summed E-state index contributed by atoms with van der Waals surface area (Å²) in [4.78, 5) is 37.2. The molecule has 0 bridgehead atoms. The number of hydrogen-bond acceptors (Lipinski definition) is 17. The molecule has 4 aromatic rings. The Hall–Kier alpha value is -2.82. The molecule has 2 saturated heterocycles. The number of nitrogen functional groups attached to an aromatic ring is 2. The van der Waals surface area contributed by atoms with E-state index in [-0.39, 0.29) is 37.1 Å². The summed E-state index contributed by atoms with van der Waals surface area (Å²) in [5.74, 6) is -0.146. The third-order valence-corrected chi connectivity index (χ3v) is 8.18. The number of anilines is 2. The molecule has 25 heteroatoms. The zero-order chi connectivity index (χ0) is 31.8. The van der Waals surface area contributed by atoms with Crippen LogP contribution in [0.25, 0.3) is 16.8 Å². The van der Waals surface area contributed by atoms with Crippen molar-refractivity contribution in [3.63, 3.8) is 0 Å². The topological polar surface area (TPSA) is 286 Å². The molecule has 0 aromatic carbocycles. The van der Waals surface area contributed by atoms with Crippen LogP contribution in [0.15, 0.2) is 17.3 Å². The number of hydrogen-bond donors (Lipinski definition) is 7.